The first-order valence-electron chi connectivity index (χ1n) is 13.0. The Balaban J connectivity index is 1.43. The van der Waals surface area contributed by atoms with E-state index >= 15 is 0 Å². The average Bonchev–Trinajstić information content (AvgIpc) is 2.93. The minimum atomic E-state index is -3.63. The SMILES string of the molecule is COc1cc(S(=O)(=O)N2CCN(C)CC2)ccc1Nc1ccc2c(n1)N(C1CCOCC1)[C@H](C)C(=O)N2C. The second-order valence-corrected chi connectivity index (χ2v) is 12.0. The molecule has 1 N–H and O–H groups in total. The topological polar surface area (TPSA) is 108 Å². The fraction of sp³-hybridized carbons (Fsp3) is 0.538. The number of nitrogens with one attached hydrogen (secondary N) is 1. The molecule has 0 radical (unpaired) electrons. The van der Waals surface area contributed by atoms with Gasteiger partial charge in [-0.2, -0.15) is 4.31 Å². The lowest BCUT2D eigenvalue weighted by Crippen LogP contribution is -2.56. The lowest BCUT2D eigenvalue weighted by atomic mass is 10.0. The van der Waals surface area contributed by atoms with Crippen LogP contribution in [0.25, 0.3) is 0 Å². The van der Waals surface area contributed by atoms with Crippen LogP contribution in [0.5, 0.6) is 5.75 Å². The molecule has 2 saturated heterocycles. The highest BCUT2D eigenvalue weighted by atomic mass is 32.2. The summed E-state index contributed by atoms with van der Waals surface area (Å²) in [6.45, 7) is 5.55. The monoisotopic (exact) mass is 544 g/mol. The first kappa shape index (κ1) is 26.7. The van der Waals surface area contributed by atoms with Crippen molar-refractivity contribution in [2.75, 3.05) is 75.7 Å². The molecule has 1 atom stereocenters. The fourth-order valence-electron chi connectivity index (χ4n) is 5.37. The van der Waals surface area contributed by atoms with Crippen LogP contribution < -0.4 is 19.9 Å². The highest BCUT2D eigenvalue weighted by molar-refractivity contribution is 7.89. The van der Waals surface area contributed by atoms with Crippen LogP contribution in [0.1, 0.15) is 19.8 Å². The summed E-state index contributed by atoms with van der Waals surface area (Å²) in [7, 11) is 1.65. The van der Waals surface area contributed by atoms with Crippen molar-refractivity contribution in [1.29, 1.82) is 0 Å². The molecule has 2 fully saturated rings. The maximum atomic E-state index is 13.2. The van der Waals surface area contributed by atoms with E-state index in [2.05, 4.69) is 15.1 Å². The Morgan fingerprint density at radius 2 is 1.76 bits per heavy atom. The second kappa shape index (κ2) is 10.7. The van der Waals surface area contributed by atoms with E-state index in [9.17, 15) is 13.2 Å². The van der Waals surface area contributed by atoms with Gasteiger partial charge in [-0.3, -0.25) is 4.79 Å². The summed E-state index contributed by atoms with van der Waals surface area (Å²) in [5.74, 6) is 1.75. The van der Waals surface area contributed by atoms with Gasteiger partial charge in [0, 0.05) is 58.5 Å². The summed E-state index contributed by atoms with van der Waals surface area (Å²) >= 11 is 0. The van der Waals surface area contributed by atoms with Crippen molar-refractivity contribution >= 4 is 38.9 Å². The number of benzene rings is 1. The zero-order chi connectivity index (χ0) is 27.0. The van der Waals surface area contributed by atoms with Crippen LogP contribution >= 0.6 is 0 Å². The summed E-state index contributed by atoms with van der Waals surface area (Å²) in [6.07, 6.45) is 1.66. The molecule has 0 bridgehead atoms. The number of amides is 1. The van der Waals surface area contributed by atoms with Crippen LogP contribution in [0, 0.1) is 0 Å². The first-order valence-corrected chi connectivity index (χ1v) is 14.4. The van der Waals surface area contributed by atoms with E-state index in [1.807, 2.05) is 26.1 Å². The zero-order valence-electron chi connectivity index (χ0n) is 22.4. The maximum absolute atomic E-state index is 13.2. The first-order chi connectivity index (χ1) is 18.2. The van der Waals surface area contributed by atoms with Crippen molar-refractivity contribution in [2.24, 2.45) is 0 Å². The highest BCUT2D eigenvalue weighted by Gasteiger charge is 2.39. The largest absolute Gasteiger partial charge is 0.495 e. The Bertz CT molecular complexity index is 1290. The molecule has 0 saturated carbocycles. The molecule has 5 rings (SSSR count). The summed E-state index contributed by atoms with van der Waals surface area (Å²) in [5, 5.41) is 3.30. The van der Waals surface area contributed by atoms with Crippen LogP contribution in [0.4, 0.5) is 23.0 Å². The minimum Gasteiger partial charge on any atom is -0.495 e. The van der Waals surface area contributed by atoms with E-state index < -0.39 is 10.0 Å². The van der Waals surface area contributed by atoms with Gasteiger partial charge in [-0.25, -0.2) is 13.4 Å². The van der Waals surface area contributed by atoms with Gasteiger partial charge >= 0.3 is 0 Å². The van der Waals surface area contributed by atoms with Gasteiger partial charge < -0.3 is 29.5 Å². The van der Waals surface area contributed by atoms with Crippen molar-refractivity contribution in [2.45, 2.75) is 36.7 Å². The van der Waals surface area contributed by atoms with Gasteiger partial charge in [0.1, 0.15) is 17.6 Å². The van der Waals surface area contributed by atoms with Crippen LogP contribution in [-0.4, -0.2) is 101 Å². The van der Waals surface area contributed by atoms with Crippen LogP contribution in [0.3, 0.4) is 0 Å². The number of pyridine rings is 1. The number of sulfonamides is 1. The molecule has 0 unspecified atom stereocenters. The Hall–Kier alpha value is -2.93. The molecule has 38 heavy (non-hydrogen) atoms. The minimum absolute atomic E-state index is 0.0327. The van der Waals surface area contributed by atoms with Crippen LogP contribution in [-0.2, 0) is 19.6 Å². The predicted octanol–water partition coefficient (Wildman–Crippen LogP) is 2.12. The number of carbonyl (C=O) groups is 1. The maximum Gasteiger partial charge on any atom is 0.249 e. The van der Waals surface area contributed by atoms with Gasteiger partial charge in [-0.1, -0.05) is 0 Å². The number of fused-ring (bicyclic) bond motifs is 1. The number of hydrogen-bond donors (Lipinski definition) is 1. The second-order valence-electron chi connectivity index (χ2n) is 10.1. The van der Waals surface area contributed by atoms with E-state index in [0.29, 0.717) is 56.6 Å². The van der Waals surface area contributed by atoms with E-state index in [4.69, 9.17) is 14.5 Å². The number of hydrogen-bond acceptors (Lipinski definition) is 9. The van der Waals surface area contributed by atoms with Crippen molar-refractivity contribution in [1.82, 2.24) is 14.2 Å². The molecule has 4 heterocycles. The molecule has 1 aromatic carbocycles. The van der Waals surface area contributed by atoms with Crippen LogP contribution in [0.2, 0.25) is 0 Å². The highest BCUT2D eigenvalue weighted by Crippen LogP contribution is 2.39. The lowest BCUT2D eigenvalue weighted by Gasteiger charge is -2.44. The number of nitrogens with zero attached hydrogens (tertiary/aromatic N) is 5. The summed E-state index contributed by atoms with van der Waals surface area (Å²) in [5.41, 5.74) is 1.36. The fourth-order valence-corrected chi connectivity index (χ4v) is 6.81. The van der Waals surface area contributed by atoms with Crippen molar-refractivity contribution < 1.29 is 22.7 Å². The van der Waals surface area contributed by atoms with Gasteiger partial charge in [-0.05, 0) is 51.1 Å². The van der Waals surface area contributed by atoms with Crippen molar-refractivity contribution in [3.05, 3.63) is 30.3 Å². The number of aromatic nitrogens is 1. The molecule has 206 valence electrons. The van der Waals surface area contributed by atoms with Gasteiger partial charge in [0.15, 0.2) is 5.82 Å². The molecule has 12 heteroatoms. The molecule has 3 aliphatic rings. The molecule has 11 nitrogen and oxygen atoms in total. The number of piperazine rings is 1. The average molecular weight is 545 g/mol. The number of carbonyl (C=O) groups excluding carboxylic acids is 1. The van der Waals surface area contributed by atoms with E-state index in [1.54, 1.807) is 30.1 Å². The third-order valence-corrected chi connectivity index (χ3v) is 9.58. The van der Waals surface area contributed by atoms with Crippen molar-refractivity contribution in [3.8, 4) is 5.75 Å². The summed E-state index contributed by atoms with van der Waals surface area (Å²) in [4.78, 5) is 24.0. The Labute approximate surface area is 224 Å². The van der Waals surface area contributed by atoms with E-state index in [0.717, 1.165) is 24.3 Å². The van der Waals surface area contributed by atoms with Gasteiger partial charge in [0.25, 0.3) is 0 Å². The number of anilines is 4. The quantitative estimate of drug-likeness (QED) is 0.585. The molecular formula is C26H36N6O5S. The molecule has 0 spiro atoms. The third-order valence-electron chi connectivity index (χ3n) is 7.69. The number of ether oxygens (including phenoxy) is 2. The summed E-state index contributed by atoms with van der Waals surface area (Å²) < 4.78 is 39.1. The number of rotatable bonds is 6. The lowest BCUT2D eigenvalue weighted by molar-refractivity contribution is -0.119. The Morgan fingerprint density at radius 3 is 2.45 bits per heavy atom. The summed E-state index contributed by atoms with van der Waals surface area (Å²) in [6, 6.07) is 8.38. The molecule has 0 aliphatic carbocycles. The standard InChI is InChI=1S/C26H36N6O5S/c1-18-26(33)30(3)22-7-8-24(28-25(22)32(18)19-9-15-37-16-10-19)27-21-6-5-20(17-23(21)36-4)38(34,35)31-13-11-29(2)12-14-31/h5-8,17-19H,9-16H2,1-4H3,(H,27,28)/t18-/m1/s1. The van der Waals surface area contributed by atoms with E-state index in [-0.39, 0.29) is 22.9 Å². The van der Waals surface area contributed by atoms with Crippen molar-refractivity contribution in [3.63, 3.8) is 0 Å². The molecule has 3 aliphatic heterocycles. The third kappa shape index (κ3) is 4.93. The smallest absolute Gasteiger partial charge is 0.249 e. The number of methoxy groups -OCH3 is 1. The van der Waals surface area contributed by atoms with Gasteiger partial charge in [0.05, 0.1) is 23.4 Å². The molecule has 2 aromatic rings. The molecular weight excluding hydrogens is 508 g/mol. The molecule has 1 amide bonds. The normalized spacial score (nSPS) is 21.9. The Kier molecular flexibility index (Phi) is 7.49. The van der Waals surface area contributed by atoms with E-state index in [1.165, 1.54) is 11.4 Å². The Morgan fingerprint density at radius 1 is 1.05 bits per heavy atom. The number of likely N-dealkylation sites (N-methyl/N-ethyl adjacent to an activating group) is 2. The predicted molar refractivity (Wildman–Crippen MR) is 146 cm³/mol. The van der Waals surface area contributed by atoms with Gasteiger partial charge in [-0.15, -0.1) is 0 Å². The van der Waals surface area contributed by atoms with Crippen LogP contribution in [0.15, 0.2) is 35.2 Å². The zero-order valence-corrected chi connectivity index (χ0v) is 23.2. The molecule has 1 aromatic heterocycles. The van der Waals surface area contributed by atoms with Gasteiger partial charge in [0.2, 0.25) is 15.9 Å².